The highest BCUT2D eigenvalue weighted by molar-refractivity contribution is 5.26. The molecule has 11 N–H and O–H groups in total. The van der Waals surface area contributed by atoms with Gasteiger partial charge in [-0.15, -0.1) is 0 Å². The summed E-state index contributed by atoms with van der Waals surface area (Å²) in [6, 6.07) is 0. The molecule has 0 bridgehead atoms. The molecule has 1 unspecified atom stereocenters. The number of aliphatic hydroxyl groups is 11. The maximum atomic E-state index is 12.0. The molecule has 0 amide bonds. The van der Waals surface area contributed by atoms with E-state index < -0.39 is 117 Å². The summed E-state index contributed by atoms with van der Waals surface area (Å²) in [6.07, 6.45) is -11.5. The quantitative estimate of drug-likeness (QED) is 0.107. The molecule has 4 saturated heterocycles. The molecule has 362 valence electrons. The van der Waals surface area contributed by atoms with Crippen molar-refractivity contribution >= 4 is 0 Å². The molecule has 0 radical (unpaired) electrons. The molecule has 0 aromatic heterocycles. The largest absolute Gasteiger partial charge is 0.394 e. The standard InChI is InChI=1S/C45H74O18/c1-19(18-57-40-37(54)35(52)32(49)28(16-46)60-40)8-13-45(56)20(2)30-27(63-45)15-26-24-7-6-22-14-23(9-11-43(22,4)25(24)10-12-44(26,30)5)59-42-39(36(53)33(50)29(17-47)61-42)62-41-38(55)34(51)31(48)21(3)58-41/h14,19-21,23-42,46-56H,6-13,15-18H2,1-5H3/t19-,20+,21+,23+,24-,25+,26+,27+,28-,29-,30+,31+,32-,33-,34-,35+,36+,37-,38-,39-,40-,41+,42-,43+,44+,45?/m1/s1. The number of hydrogen-bond acceptors (Lipinski definition) is 18. The minimum Gasteiger partial charge on any atom is -0.394 e. The van der Waals surface area contributed by atoms with Gasteiger partial charge in [0.15, 0.2) is 24.7 Å². The number of rotatable bonds is 12. The Morgan fingerprint density at radius 2 is 1.38 bits per heavy atom. The van der Waals surface area contributed by atoms with Crippen LogP contribution in [0.15, 0.2) is 11.6 Å². The summed E-state index contributed by atoms with van der Waals surface area (Å²) in [5.74, 6) is 0.118. The minimum absolute atomic E-state index is 0.00497. The van der Waals surface area contributed by atoms with Crippen molar-refractivity contribution in [1.82, 2.24) is 0 Å². The first-order chi connectivity index (χ1) is 29.8. The molecule has 63 heavy (non-hydrogen) atoms. The zero-order chi connectivity index (χ0) is 45.5. The van der Waals surface area contributed by atoms with Crippen molar-refractivity contribution in [2.75, 3.05) is 19.8 Å². The molecule has 4 heterocycles. The Balaban J connectivity index is 0.888. The van der Waals surface area contributed by atoms with Crippen LogP contribution in [-0.2, 0) is 33.2 Å². The van der Waals surface area contributed by atoms with Crippen LogP contribution < -0.4 is 0 Å². The van der Waals surface area contributed by atoms with Crippen molar-refractivity contribution in [3.05, 3.63) is 11.6 Å². The van der Waals surface area contributed by atoms with E-state index in [4.69, 9.17) is 33.2 Å². The molecule has 0 aromatic carbocycles. The van der Waals surface area contributed by atoms with E-state index in [0.717, 1.165) is 38.5 Å². The number of aliphatic hydroxyl groups excluding tert-OH is 10. The van der Waals surface area contributed by atoms with Gasteiger partial charge in [-0.1, -0.05) is 39.3 Å². The number of ether oxygens (including phenoxy) is 7. The van der Waals surface area contributed by atoms with Gasteiger partial charge in [-0.2, -0.15) is 0 Å². The highest BCUT2D eigenvalue weighted by atomic mass is 16.8. The Bertz CT molecular complexity index is 1600. The van der Waals surface area contributed by atoms with Crippen LogP contribution in [0.4, 0.5) is 0 Å². The third-order valence-corrected chi connectivity index (χ3v) is 17.4. The van der Waals surface area contributed by atoms with Crippen LogP contribution in [-0.4, -0.2) is 186 Å². The van der Waals surface area contributed by atoms with E-state index in [1.807, 2.05) is 6.92 Å². The van der Waals surface area contributed by atoms with Crippen LogP contribution in [0.2, 0.25) is 0 Å². The summed E-state index contributed by atoms with van der Waals surface area (Å²) < 4.78 is 42.0. The minimum atomic E-state index is -1.65. The second-order valence-corrected chi connectivity index (χ2v) is 21.0. The van der Waals surface area contributed by atoms with Crippen LogP contribution in [0, 0.1) is 46.3 Å². The Morgan fingerprint density at radius 3 is 2.08 bits per heavy atom. The van der Waals surface area contributed by atoms with Gasteiger partial charge < -0.3 is 89.3 Å². The summed E-state index contributed by atoms with van der Waals surface area (Å²) in [5, 5.41) is 115. The monoisotopic (exact) mass is 902 g/mol. The number of allylic oxidation sites excluding steroid dienone is 1. The van der Waals surface area contributed by atoms with Gasteiger partial charge in [0.2, 0.25) is 0 Å². The zero-order valence-corrected chi connectivity index (χ0v) is 37.1. The van der Waals surface area contributed by atoms with E-state index in [1.54, 1.807) is 0 Å². The predicted octanol–water partition coefficient (Wildman–Crippen LogP) is -0.831. The van der Waals surface area contributed by atoms with Gasteiger partial charge in [0, 0.05) is 12.3 Å². The lowest BCUT2D eigenvalue weighted by Gasteiger charge is -2.59. The van der Waals surface area contributed by atoms with E-state index in [1.165, 1.54) is 12.5 Å². The van der Waals surface area contributed by atoms with Crippen molar-refractivity contribution in [2.45, 2.75) is 203 Å². The second-order valence-electron chi connectivity index (χ2n) is 21.0. The lowest BCUT2D eigenvalue weighted by atomic mass is 9.46. The zero-order valence-electron chi connectivity index (χ0n) is 37.1. The topological polar surface area (TPSA) is 287 Å². The fourth-order valence-corrected chi connectivity index (χ4v) is 13.5. The SMILES string of the molecule is C[C@H](CCC1(O)O[C@H]2C[C@H]3[C@@H]4CCC5=C[C@@H](O[C@@H]6O[C@H](CO)[C@@H](O)[C@H](O)[C@H]6O[C@@H]6O[C@@H](C)[C@H](O)[C@@H](O)[C@H]6O)CC[C@]5(C)[C@H]4CC[C@]3(C)[C@H]2[C@@H]1C)CO[C@@H]1O[C@H](CO)[C@@H](O)[C@H](O)[C@H]1O. The molecule has 7 fully saturated rings. The molecular weight excluding hydrogens is 828 g/mol. The average molecular weight is 903 g/mol. The Morgan fingerprint density at radius 1 is 0.730 bits per heavy atom. The fraction of sp³-hybridized carbons (Fsp3) is 0.956. The first kappa shape index (κ1) is 48.5. The third-order valence-electron chi connectivity index (χ3n) is 17.4. The summed E-state index contributed by atoms with van der Waals surface area (Å²) in [7, 11) is 0. The van der Waals surface area contributed by atoms with Gasteiger partial charge in [-0.05, 0) is 98.7 Å². The maximum absolute atomic E-state index is 12.0. The smallest absolute Gasteiger partial charge is 0.187 e. The van der Waals surface area contributed by atoms with Gasteiger partial charge in [-0.3, -0.25) is 0 Å². The molecule has 18 heteroatoms. The van der Waals surface area contributed by atoms with Crippen molar-refractivity contribution in [2.24, 2.45) is 46.3 Å². The van der Waals surface area contributed by atoms with Gasteiger partial charge >= 0.3 is 0 Å². The molecule has 4 aliphatic carbocycles. The first-order valence-corrected chi connectivity index (χ1v) is 23.4. The Labute approximate surface area is 369 Å². The maximum Gasteiger partial charge on any atom is 0.187 e. The fourth-order valence-electron chi connectivity index (χ4n) is 13.5. The third kappa shape index (κ3) is 8.51. The van der Waals surface area contributed by atoms with Crippen LogP contribution in [0.25, 0.3) is 0 Å². The van der Waals surface area contributed by atoms with E-state index >= 15 is 0 Å². The molecule has 0 spiro atoms. The van der Waals surface area contributed by atoms with Crippen molar-refractivity contribution in [1.29, 1.82) is 0 Å². The normalized spacial score (nSPS) is 55.0. The highest BCUT2D eigenvalue weighted by Gasteiger charge is 2.68. The van der Waals surface area contributed by atoms with E-state index in [2.05, 4.69) is 26.8 Å². The van der Waals surface area contributed by atoms with Gasteiger partial charge in [0.25, 0.3) is 0 Å². The van der Waals surface area contributed by atoms with E-state index in [9.17, 15) is 56.2 Å². The average Bonchev–Trinajstić information content (AvgIpc) is 3.70. The van der Waals surface area contributed by atoms with Crippen molar-refractivity contribution in [3.63, 3.8) is 0 Å². The molecule has 3 saturated carbocycles. The van der Waals surface area contributed by atoms with Gasteiger partial charge in [0.1, 0.15) is 67.1 Å². The Kier molecular flexibility index (Phi) is 14.2. The molecule has 8 rings (SSSR count). The first-order valence-electron chi connectivity index (χ1n) is 23.4. The van der Waals surface area contributed by atoms with Crippen LogP contribution in [0.5, 0.6) is 0 Å². The summed E-state index contributed by atoms with van der Waals surface area (Å²) >= 11 is 0. The molecule has 8 aliphatic rings. The lowest BCUT2D eigenvalue weighted by molar-refractivity contribution is -0.368. The Hall–Kier alpha value is -0.980. The molecule has 0 aromatic rings. The molecular formula is C45H74O18. The van der Waals surface area contributed by atoms with Gasteiger partial charge in [0.05, 0.1) is 38.1 Å². The molecule has 4 aliphatic heterocycles. The summed E-state index contributed by atoms with van der Waals surface area (Å²) in [4.78, 5) is 0. The predicted molar refractivity (Wildman–Crippen MR) is 218 cm³/mol. The van der Waals surface area contributed by atoms with E-state index in [0.29, 0.717) is 37.0 Å². The van der Waals surface area contributed by atoms with Gasteiger partial charge in [-0.25, -0.2) is 0 Å². The van der Waals surface area contributed by atoms with Crippen molar-refractivity contribution in [3.8, 4) is 0 Å². The van der Waals surface area contributed by atoms with Crippen LogP contribution in [0.1, 0.15) is 92.4 Å². The van der Waals surface area contributed by atoms with Crippen molar-refractivity contribution < 1.29 is 89.3 Å². The second kappa shape index (κ2) is 18.5. The summed E-state index contributed by atoms with van der Waals surface area (Å²) in [6.45, 7) is 9.44. The molecule has 26 atom stereocenters. The number of hydrogen-bond donors (Lipinski definition) is 11. The molecule has 18 nitrogen and oxygen atoms in total. The summed E-state index contributed by atoms with van der Waals surface area (Å²) in [5.41, 5.74) is 1.24. The van der Waals surface area contributed by atoms with Crippen LogP contribution >= 0.6 is 0 Å². The lowest BCUT2D eigenvalue weighted by Crippen LogP contribution is -2.64. The van der Waals surface area contributed by atoms with E-state index in [-0.39, 0.29) is 41.3 Å². The number of fused-ring (bicyclic) bond motifs is 7. The highest BCUT2D eigenvalue weighted by Crippen LogP contribution is 2.70. The van der Waals surface area contributed by atoms with Crippen LogP contribution in [0.3, 0.4) is 0 Å².